The summed E-state index contributed by atoms with van der Waals surface area (Å²) in [4.78, 5) is 1.33. The largest absolute Gasteiger partial charge is 0.396 e. The SMILES string of the molecule is CSc1c(NCc2ccccc2F)sc(C#N)c1N. The van der Waals surface area contributed by atoms with Crippen molar-refractivity contribution in [2.24, 2.45) is 0 Å². The fourth-order valence-corrected chi connectivity index (χ4v) is 3.48. The van der Waals surface area contributed by atoms with Crippen molar-refractivity contribution in [3.05, 3.63) is 40.5 Å². The number of rotatable bonds is 4. The molecule has 2 rings (SSSR count). The molecule has 6 heteroatoms. The Hall–Kier alpha value is -1.71. The molecule has 0 atom stereocenters. The van der Waals surface area contributed by atoms with Crippen molar-refractivity contribution in [1.82, 2.24) is 0 Å². The Morgan fingerprint density at radius 3 is 2.84 bits per heavy atom. The van der Waals surface area contributed by atoms with Gasteiger partial charge in [-0.25, -0.2) is 4.39 Å². The van der Waals surface area contributed by atoms with Crippen molar-refractivity contribution in [2.45, 2.75) is 11.4 Å². The van der Waals surface area contributed by atoms with Crippen LogP contribution in [-0.4, -0.2) is 6.26 Å². The van der Waals surface area contributed by atoms with Gasteiger partial charge in [0.2, 0.25) is 0 Å². The number of benzene rings is 1. The minimum Gasteiger partial charge on any atom is -0.396 e. The quantitative estimate of drug-likeness (QED) is 0.844. The van der Waals surface area contributed by atoms with Crippen molar-refractivity contribution >= 4 is 33.8 Å². The van der Waals surface area contributed by atoms with Gasteiger partial charge in [0, 0.05) is 12.1 Å². The summed E-state index contributed by atoms with van der Waals surface area (Å²) in [6, 6.07) is 8.66. The van der Waals surface area contributed by atoms with E-state index in [-0.39, 0.29) is 5.82 Å². The van der Waals surface area contributed by atoms with Gasteiger partial charge in [0.15, 0.2) is 0 Å². The molecule has 3 nitrogen and oxygen atoms in total. The van der Waals surface area contributed by atoms with Gasteiger partial charge in [-0.3, -0.25) is 0 Å². The molecule has 0 aliphatic carbocycles. The van der Waals surface area contributed by atoms with Gasteiger partial charge >= 0.3 is 0 Å². The molecule has 1 heterocycles. The number of nitrogens with zero attached hydrogens (tertiary/aromatic N) is 1. The third kappa shape index (κ3) is 2.83. The molecule has 1 aromatic carbocycles. The van der Waals surface area contributed by atoms with Crippen molar-refractivity contribution < 1.29 is 4.39 Å². The highest BCUT2D eigenvalue weighted by atomic mass is 32.2. The highest BCUT2D eigenvalue weighted by molar-refractivity contribution is 7.99. The topological polar surface area (TPSA) is 61.8 Å². The van der Waals surface area contributed by atoms with Gasteiger partial charge in [-0.05, 0) is 12.3 Å². The number of nitrogens with one attached hydrogen (secondary N) is 1. The van der Waals surface area contributed by atoms with Crippen LogP contribution < -0.4 is 11.1 Å². The highest BCUT2D eigenvalue weighted by Crippen LogP contribution is 2.41. The first-order valence-corrected chi connectivity index (χ1v) is 7.55. The molecule has 1 aromatic heterocycles. The summed E-state index contributed by atoms with van der Waals surface area (Å²) in [5, 5.41) is 12.9. The van der Waals surface area contributed by atoms with Gasteiger partial charge < -0.3 is 11.1 Å². The normalized spacial score (nSPS) is 10.2. The maximum atomic E-state index is 13.5. The number of nitriles is 1. The Morgan fingerprint density at radius 2 is 2.21 bits per heavy atom. The van der Waals surface area contributed by atoms with Crippen LogP contribution in [0.1, 0.15) is 10.4 Å². The molecule has 2 aromatic rings. The maximum Gasteiger partial charge on any atom is 0.131 e. The molecule has 3 N–H and O–H groups in total. The summed E-state index contributed by atoms with van der Waals surface area (Å²) in [5.41, 5.74) is 6.96. The molecule has 0 bridgehead atoms. The van der Waals surface area contributed by atoms with E-state index in [9.17, 15) is 4.39 Å². The first kappa shape index (κ1) is 13.7. The number of hydrogen-bond donors (Lipinski definition) is 2. The number of thiophene rings is 1. The van der Waals surface area contributed by atoms with Crippen molar-refractivity contribution in [2.75, 3.05) is 17.3 Å². The van der Waals surface area contributed by atoms with Gasteiger partial charge in [-0.2, -0.15) is 5.26 Å². The first-order valence-electron chi connectivity index (χ1n) is 5.51. The van der Waals surface area contributed by atoms with Gasteiger partial charge in [0.1, 0.15) is 21.8 Å². The van der Waals surface area contributed by atoms with Crippen molar-refractivity contribution in [3.8, 4) is 6.07 Å². The van der Waals surface area contributed by atoms with Gasteiger partial charge in [0.05, 0.1) is 10.6 Å². The third-order valence-electron chi connectivity index (χ3n) is 2.60. The number of halogens is 1. The maximum absolute atomic E-state index is 13.5. The molecular formula is C13H12FN3S2. The second kappa shape index (κ2) is 5.95. The van der Waals surface area contributed by atoms with Gasteiger partial charge in [-0.1, -0.05) is 18.2 Å². The minimum absolute atomic E-state index is 0.245. The Kier molecular flexibility index (Phi) is 4.30. The van der Waals surface area contributed by atoms with E-state index in [0.717, 1.165) is 9.90 Å². The minimum atomic E-state index is -0.245. The fourth-order valence-electron chi connectivity index (χ4n) is 1.65. The van der Waals surface area contributed by atoms with Crippen LogP contribution in [0, 0.1) is 17.1 Å². The Labute approximate surface area is 119 Å². The third-order valence-corrected chi connectivity index (χ3v) is 4.63. The van der Waals surface area contributed by atoms with E-state index in [2.05, 4.69) is 11.4 Å². The molecule has 0 saturated heterocycles. The summed E-state index contributed by atoms with van der Waals surface area (Å²) in [7, 11) is 0. The Morgan fingerprint density at radius 1 is 1.47 bits per heavy atom. The van der Waals surface area contributed by atoms with E-state index in [1.165, 1.54) is 29.2 Å². The summed E-state index contributed by atoms with van der Waals surface area (Å²) in [6.07, 6.45) is 1.90. The molecule has 0 amide bonds. The van der Waals surface area contributed by atoms with E-state index >= 15 is 0 Å². The first-order chi connectivity index (χ1) is 9.17. The fraction of sp³-hybridized carbons (Fsp3) is 0.154. The molecular weight excluding hydrogens is 281 g/mol. The number of thioether (sulfide) groups is 1. The van der Waals surface area contributed by atoms with Gasteiger partial charge in [0.25, 0.3) is 0 Å². The van der Waals surface area contributed by atoms with E-state index in [0.29, 0.717) is 22.7 Å². The van der Waals surface area contributed by atoms with E-state index in [4.69, 9.17) is 11.0 Å². The zero-order valence-corrected chi connectivity index (χ0v) is 11.9. The van der Waals surface area contributed by atoms with Crippen LogP contribution in [0.3, 0.4) is 0 Å². The van der Waals surface area contributed by atoms with Crippen LogP contribution in [0.2, 0.25) is 0 Å². The standard InChI is InChI=1S/C13H12FN3S2/c1-18-12-11(16)10(6-15)19-13(12)17-7-8-4-2-3-5-9(8)14/h2-5,17H,7,16H2,1H3. The monoisotopic (exact) mass is 293 g/mol. The zero-order chi connectivity index (χ0) is 13.8. The highest BCUT2D eigenvalue weighted by Gasteiger charge is 2.15. The second-order valence-electron chi connectivity index (χ2n) is 3.76. The van der Waals surface area contributed by atoms with Crippen LogP contribution in [-0.2, 0) is 6.54 Å². The second-order valence-corrected chi connectivity index (χ2v) is 5.60. The number of anilines is 2. The molecule has 0 radical (unpaired) electrons. The van der Waals surface area contributed by atoms with Crippen LogP contribution in [0.4, 0.5) is 15.1 Å². The lowest BCUT2D eigenvalue weighted by atomic mass is 10.2. The lowest BCUT2D eigenvalue weighted by Gasteiger charge is -2.07. The van der Waals surface area contributed by atoms with Crippen LogP contribution in [0.25, 0.3) is 0 Å². The molecule has 0 unspecified atom stereocenters. The molecule has 0 fully saturated rings. The van der Waals surface area contributed by atoms with E-state index in [1.807, 2.05) is 6.26 Å². The molecule has 19 heavy (non-hydrogen) atoms. The van der Waals surface area contributed by atoms with Crippen molar-refractivity contribution in [3.63, 3.8) is 0 Å². The van der Waals surface area contributed by atoms with Crippen molar-refractivity contribution in [1.29, 1.82) is 5.26 Å². The summed E-state index contributed by atoms with van der Waals surface area (Å²) in [5.74, 6) is -0.245. The average molecular weight is 293 g/mol. The lowest BCUT2D eigenvalue weighted by molar-refractivity contribution is 0.613. The molecule has 98 valence electrons. The van der Waals surface area contributed by atoms with Crippen LogP contribution in [0.15, 0.2) is 29.2 Å². The number of nitrogens with two attached hydrogens (primary N) is 1. The Bertz CT molecular complexity index is 631. The van der Waals surface area contributed by atoms with Gasteiger partial charge in [-0.15, -0.1) is 23.1 Å². The number of nitrogen functional groups attached to an aromatic ring is 1. The zero-order valence-electron chi connectivity index (χ0n) is 10.2. The molecule has 0 spiro atoms. The summed E-state index contributed by atoms with van der Waals surface area (Å²) >= 11 is 2.77. The smallest absolute Gasteiger partial charge is 0.131 e. The average Bonchev–Trinajstić information content (AvgIpc) is 2.73. The van der Waals surface area contributed by atoms with Crippen LogP contribution >= 0.6 is 23.1 Å². The molecule has 0 aliphatic rings. The van der Waals surface area contributed by atoms with E-state index in [1.54, 1.807) is 18.2 Å². The molecule has 0 saturated carbocycles. The molecule has 0 aliphatic heterocycles. The summed E-state index contributed by atoms with van der Waals surface area (Å²) < 4.78 is 13.5. The van der Waals surface area contributed by atoms with Crippen LogP contribution in [0.5, 0.6) is 0 Å². The summed E-state index contributed by atoms with van der Waals surface area (Å²) in [6.45, 7) is 0.366. The van der Waals surface area contributed by atoms with E-state index < -0.39 is 0 Å². The number of hydrogen-bond acceptors (Lipinski definition) is 5. The predicted molar refractivity (Wildman–Crippen MR) is 79.0 cm³/mol. The lowest BCUT2D eigenvalue weighted by Crippen LogP contribution is -2.01. The Balaban J connectivity index is 2.21. The predicted octanol–water partition coefficient (Wildman–Crippen LogP) is 3.68.